The molecule has 1 amide bonds. The van der Waals surface area contributed by atoms with Gasteiger partial charge in [0.2, 0.25) is 5.91 Å². The molecule has 0 spiro atoms. The van der Waals surface area contributed by atoms with Crippen LogP contribution in [0.4, 0.5) is 0 Å². The van der Waals surface area contributed by atoms with Crippen LogP contribution in [0.3, 0.4) is 0 Å². The van der Waals surface area contributed by atoms with Crippen LogP contribution in [0.5, 0.6) is 0 Å². The molecule has 1 fully saturated rings. The van der Waals surface area contributed by atoms with E-state index in [4.69, 9.17) is 9.47 Å². The van der Waals surface area contributed by atoms with E-state index in [1.165, 1.54) is 186 Å². The molecule has 0 aromatic carbocycles. The van der Waals surface area contributed by atoms with Crippen LogP contribution >= 0.6 is 0 Å². The first-order valence-corrected chi connectivity index (χ1v) is 31.8. The molecule has 76 heavy (non-hydrogen) atoms. The Hall–Kier alpha value is -2.63. The molecule has 6 N–H and O–H groups in total. The zero-order valence-electron chi connectivity index (χ0n) is 49.0. The minimum atomic E-state index is -1.58. The highest BCUT2D eigenvalue weighted by atomic mass is 16.7. The average molecular weight is 1070 g/mol. The number of amides is 1. The van der Waals surface area contributed by atoms with E-state index in [0.29, 0.717) is 6.42 Å². The van der Waals surface area contributed by atoms with Crippen LogP contribution in [-0.2, 0) is 14.3 Å². The van der Waals surface area contributed by atoms with Crippen LogP contribution in [-0.4, -0.2) is 87.5 Å². The first-order valence-electron chi connectivity index (χ1n) is 31.8. The smallest absolute Gasteiger partial charge is 0.220 e. The fourth-order valence-electron chi connectivity index (χ4n) is 9.71. The Labute approximate surface area is 467 Å². The summed E-state index contributed by atoms with van der Waals surface area (Å²) in [5, 5.41) is 54.6. The summed E-state index contributed by atoms with van der Waals surface area (Å²) in [6, 6.07) is -0.831. The van der Waals surface area contributed by atoms with Gasteiger partial charge in [0, 0.05) is 6.42 Å². The molecule has 7 atom stereocenters. The maximum Gasteiger partial charge on any atom is 0.220 e. The number of allylic oxidation sites excluding steroid dienone is 13. The van der Waals surface area contributed by atoms with Crippen molar-refractivity contribution in [1.29, 1.82) is 0 Å². The lowest BCUT2D eigenvalue weighted by atomic mass is 9.99. The number of aliphatic hydroxyl groups excluding tert-OH is 5. The third-order valence-corrected chi connectivity index (χ3v) is 14.7. The van der Waals surface area contributed by atoms with Gasteiger partial charge in [0.15, 0.2) is 6.29 Å². The lowest BCUT2D eigenvalue weighted by Crippen LogP contribution is -2.60. The zero-order chi connectivity index (χ0) is 55.0. The monoisotopic (exact) mass is 1070 g/mol. The Bertz CT molecular complexity index is 1470. The lowest BCUT2D eigenvalue weighted by molar-refractivity contribution is -0.302. The summed E-state index contributed by atoms with van der Waals surface area (Å²) in [7, 11) is 0. The predicted octanol–water partition coefficient (Wildman–Crippen LogP) is 16.6. The molecule has 440 valence electrons. The van der Waals surface area contributed by atoms with Crippen LogP contribution in [0.1, 0.15) is 277 Å². The Morgan fingerprint density at radius 3 is 1.26 bits per heavy atom. The highest BCUT2D eigenvalue weighted by Crippen LogP contribution is 2.23. The van der Waals surface area contributed by atoms with Crippen LogP contribution in [0, 0.1) is 0 Å². The highest BCUT2D eigenvalue weighted by Gasteiger charge is 2.44. The van der Waals surface area contributed by atoms with Crippen molar-refractivity contribution in [3.8, 4) is 0 Å². The van der Waals surface area contributed by atoms with Crippen molar-refractivity contribution in [2.75, 3.05) is 13.2 Å². The Kier molecular flexibility index (Phi) is 52.3. The quantitative estimate of drug-likeness (QED) is 0.0261. The molecule has 1 saturated heterocycles. The summed E-state index contributed by atoms with van der Waals surface area (Å²) >= 11 is 0. The second-order valence-electron chi connectivity index (χ2n) is 21.8. The minimum absolute atomic E-state index is 0.189. The fourth-order valence-corrected chi connectivity index (χ4v) is 9.71. The molecule has 1 aliphatic heterocycles. The average Bonchev–Trinajstić information content (AvgIpc) is 3.42. The van der Waals surface area contributed by atoms with Gasteiger partial charge in [-0.3, -0.25) is 4.79 Å². The van der Waals surface area contributed by atoms with Crippen LogP contribution in [0.2, 0.25) is 0 Å². The molecule has 1 heterocycles. The number of hydrogen-bond donors (Lipinski definition) is 6. The Balaban J connectivity index is 2.16. The maximum absolute atomic E-state index is 13.1. The van der Waals surface area contributed by atoms with Gasteiger partial charge in [-0.2, -0.15) is 0 Å². The molecule has 0 aromatic heterocycles. The van der Waals surface area contributed by atoms with Crippen LogP contribution < -0.4 is 5.32 Å². The number of unbranched alkanes of at least 4 members (excludes halogenated alkanes) is 32. The van der Waals surface area contributed by atoms with E-state index in [9.17, 15) is 30.3 Å². The van der Waals surface area contributed by atoms with Crippen LogP contribution in [0.25, 0.3) is 0 Å². The third-order valence-electron chi connectivity index (χ3n) is 14.7. The maximum atomic E-state index is 13.1. The van der Waals surface area contributed by atoms with Gasteiger partial charge in [-0.05, 0) is 83.5 Å². The normalized spacial score (nSPS) is 19.4. The van der Waals surface area contributed by atoms with Gasteiger partial charge in [0.25, 0.3) is 0 Å². The summed E-state index contributed by atoms with van der Waals surface area (Å²) in [5.74, 6) is -0.189. The van der Waals surface area contributed by atoms with Gasteiger partial charge in [-0.1, -0.05) is 272 Å². The first-order chi connectivity index (χ1) is 37.3. The molecule has 7 unspecified atom stereocenters. The van der Waals surface area contributed by atoms with Gasteiger partial charge in [0.05, 0.1) is 25.4 Å². The summed E-state index contributed by atoms with van der Waals surface area (Å²) in [6.07, 6.45) is 72.4. The number of ether oxygens (including phenoxy) is 2. The molecule has 0 bridgehead atoms. The number of hydrogen-bond acceptors (Lipinski definition) is 8. The van der Waals surface area contributed by atoms with Crippen molar-refractivity contribution in [3.63, 3.8) is 0 Å². The zero-order valence-corrected chi connectivity index (χ0v) is 49.0. The second-order valence-corrected chi connectivity index (χ2v) is 21.8. The van der Waals surface area contributed by atoms with Crippen molar-refractivity contribution in [1.82, 2.24) is 5.32 Å². The number of carbonyl (C=O) groups is 1. The van der Waals surface area contributed by atoms with Gasteiger partial charge in [0.1, 0.15) is 24.4 Å². The predicted molar refractivity (Wildman–Crippen MR) is 322 cm³/mol. The first kappa shape index (κ1) is 71.4. The van der Waals surface area contributed by atoms with Crippen molar-refractivity contribution < 1.29 is 39.8 Å². The fraction of sp³-hybridized carbons (Fsp3) is 0.776. The molecule has 0 aromatic rings. The summed E-state index contributed by atoms with van der Waals surface area (Å²) in [6.45, 7) is 3.66. The Morgan fingerprint density at radius 1 is 0.461 bits per heavy atom. The second kappa shape index (κ2) is 55.7. The largest absolute Gasteiger partial charge is 0.394 e. The molecule has 1 aliphatic rings. The molecule has 9 nitrogen and oxygen atoms in total. The summed E-state index contributed by atoms with van der Waals surface area (Å²) in [5.41, 5.74) is 0. The number of carbonyl (C=O) groups excluding carboxylic acids is 1. The minimum Gasteiger partial charge on any atom is -0.394 e. The number of rotatable bonds is 54. The third kappa shape index (κ3) is 44.2. The van der Waals surface area contributed by atoms with Crippen molar-refractivity contribution in [2.45, 2.75) is 320 Å². The van der Waals surface area contributed by atoms with Crippen molar-refractivity contribution in [2.24, 2.45) is 0 Å². The van der Waals surface area contributed by atoms with Crippen molar-refractivity contribution in [3.05, 3.63) is 85.1 Å². The number of aliphatic hydroxyl groups is 5. The molecule has 1 rings (SSSR count). The van der Waals surface area contributed by atoms with Gasteiger partial charge >= 0.3 is 0 Å². The molecular weight excluding hydrogens is 947 g/mol. The molecule has 0 aliphatic carbocycles. The Morgan fingerprint density at radius 2 is 0.829 bits per heavy atom. The highest BCUT2D eigenvalue weighted by molar-refractivity contribution is 5.76. The molecule has 0 radical (unpaired) electrons. The molecule has 9 heteroatoms. The summed E-state index contributed by atoms with van der Waals surface area (Å²) in [4.78, 5) is 13.1. The number of nitrogens with one attached hydrogen (secondary N) is 1. The van der Waals surface area contributed by atoms with Crippen LogP contribution in [0.15, 0.2) is 85.1 Å². The summed E-state index contributed by atoms with van der Waals surface area (Å²) < 4.78 is 11.3. The molecule has 0 saturated carbocycles. The van der Waals surface area contributed by atoms with E-state index in [1.54, 1.807) is 6.08 Å². The van der Waals surface area contributed by atoms with E-state index < -0.39 is 49.5 Å². The molecular formula is C67H119NO8. The van der Waals surface area contributed by atoms with E-state index in [-0.39, 0.29) is 12.5 Å². The lowest BCUT2D eigenvalue weighted by Gasteiger charge is -2.40. The van der Waals surface area contributed by atoms with E-state index in [2.05, 4.69) is 92.1 Å². The van der Waals surface area contributed by atoms with Crippen molar-refractivity contribution >= 4 is 5.91 Å². The van der Waals surface area contributed by atoms with Gasteiger partial charge in [-0.25, -0.2) is 0 Å². The van der Waals surface area contributed by atoms with E-state index in [0.717, 1.165) is 70.6 Å². The van der Waals surface area contributed by atoms with Gasteiger partial charge in [-0.15, -0.1) is 0 Å². The van der Waals surface area contributed by atoms with Gasteiger partial charge < -0.3 is 40.3 Å². The SMILES string of the molecule is CC/C=C\C/C=C\C/C=C\C/C=C\CCCCCCCCCCCCCCCCCCCCCCC(=O)NC(COC1OC(CO)C(O)C(O)C1O)C(O)/C=C/CC/C=C/CC/C=C/CCCCCCCCCCCC. The van der Waals surface area contributed by atoms with E-state index >= 15 is 0 Å². The van der Waals surface area contributed by atoms with E-state index in [1.807, 2.05) is 6.08 Å². The topological polar surface area (TPSA) is 149 Å². The standard InChI is InChI=1S/C67H119NO8/c1-3-5-7-9-11-13-15-17-19-21-23-25-26-27-28-29-30-31-32-33-34-35-36-37-39-41-43-45-47-49-51-53-55-57-63(71)68-60(59-75-67-66(74)65(73)64(72)62(58-69)76-67)61(70)56-54-52-50-48-46-44-42-40-38-24-22-20-18-16-14-12-10-8-6-4-2/h5,7,11,13,17,19,23,25,38,40,46,48,54,56,60-62,64-67,69-70,72-74H,3-4,6,8-10,12,14-16,18,20-22,24,26-37,39,41-45,47,49-53,55,57-59H2,1-2H3,(H,68,71)/b7-5-,13-11-,19-17-,25-23-,40-38+,48-46+,56-54+.